The third-order valence-corrected chi connectivity index (χ3v) is 8.60. The van der Waals surface area contributed by atoms with Crippen molar-refractivity contribution in [3.05, 3.63) is 52.5 Å². The van der Waals surface area contributed by atoms with Gasteiger partial charge in [-0.2, -0.15) is 0 Å². The van der Waals surface area contributed by atoms with Crippen LogP contribution in [0.25, 0.3) is 11.1 Å². The van der Waals surface area contributed by atoms with E-state index in [-0.39, 0.29) is 12.5 Å². The number of fused-ring (bicyclic) bond motifs is 3. The van der Waals surface area contributed by atoms with Gasteiger partial charge in [-0.3, -0.25) is 0 Å². The highest BCUT2D eigenvalue weighted by Gasteiger charge is 2.43. The first-order chi connectivity index (χ1) is 17.7. The fourth-order valence-electron chi connectivity index (χ4n) is 6.39. The number of hydrogen-bond acceptors (Lipinski definition) is 2. The van der Waals surface area contributed by atoms with Crippen LogP contribution in [0.4, 0.5) is 0 Å². The first-order valence-electron chi connectivity index (χ1n) is 14.9. The summed E-state index contributed by atoms with van der Waals surface area (Å²) in [5.74, 6) is 0. The molecule has 0 radical (unpaired) electrons. The fourth-order valence-corrected chi connectivity index (χ4v) is 6.56. The van der Waals surface area contributed by atoms with Gasteiger partial charge in [0.15, 0.2) is 0 Å². The molecule has 1 aliphatic heterocycles. The van der Waals surface area contributed by atoms with Crippen molar-refractivity contribution in [1.82, 2.24) is 0 Å². The van der Waals surface area contributed by atoms with Crippen LogP contribution >= 0.6 is 11.6 Å². The van der Waals surface area contributed by atoms with Gasteiger partial charge in [-0.05, 0) is 59.1 Å². The van der Waals surface area contributed by atoms with Crippen molar-refractivity contribution >= 4 is 24.2 Å². The van der Waals surface area contributed by atoms with Crippen LogP contribution in [-0.2, 0) is 14.7 Å². The smallest absolute Gasteiger partial charge is 0.407 e. The second-order valence-corrected chi connectivity index (χ2v) is 11.5. The molecule has 0 bridgehead atoms. The molecule has 36 heavy (non-hydrogen) atoms. The van der Waals surface area contributed by atoms with E-state index < -0.39 is 0 Å². The van der Waals surface area contributed by atoms with Crippen molar-refractivity contribution in [2.24, 2.45) is 0 Å². The number of halogens is 1. The predicted molar refractivity (Wildman–Crippen MR) is 156 cm³/mol. The van der Waals surface area contributed by atoms with Crippen LogP contribution in [0.2, 0.25) is 5.02 Å². The minimum absolute atomic E-state index is 0.0375. The van der Waals surface area contributed by atoms with E-state index >= 15 is 0 Å². The summed E-state index contributed by atoms with van der Waals surface area (Å²) < 4.78 is 12.0. The SMILES string of the molecule is CCCCCCCCC1(CCCCCCCC)c2cc(Cl)ccc2-c2ccc(B3OCCCO3)cc21. The van der Waals surface area contributed by atoms with Gasteiger partial charge < -0.3 is 9.31 Å². The molecule has 2 aromatic rings. The number of benzene rings is 2. The summed E-state index contributed by atoms with van der Waals surface area (Å²) in [4.78, 5) is 0. The molecule has 1 fully saturated rings. The Hall–Kier alpha value is -1.29. The van der Waals surface area contributed by atoms with E-state index in [0.717, 1.165) is 24.7 Å². The standard InChI is InChI=1S/C32H46BClO2/c1-3-5-7-9-11-13-20-32(21-14-12-10-8-6-4-2)30-24-26(33-35-22-15-23-36-33)16-18-28(30)29-19-17-27(34)25-31(29)32/h16-19,24-25H,3-15,20-23H2,1-2H3. The van der Waals surface area contributed by atoms with Gasteiger partial charge >= 0.3 is 7.12 Å². The van der Waals surface area contributed by atoms with E-state index in [4.69, 9.17) is 20.9 Å². The highest BCUT2D eigenvalue weighted by Crippen LogP contribution is 2.54. The maximum atomic E-state index is 6.64. The molecule has 1 aliphatic carbocycles. The second kappa shape index (κ2) is 14.0. The lowest BCUT2D eigenvalue weighted by molar-refractivity contribution is 0.143. The molecule has 2 nitrogen and oxygen atoms in total. The van der Waals surface area contributed by atoms with E-state index in [2.05, 4.69) is 50.2 Å². The summed E-state index contributed by atoms with van der Waals surface area (Å²) >= 11 is 6.64. The van der Waals surface area contributed by atoms with Gasteiger partial charge in [0, 0.05) is 23.7 Å². The summed E-state index contributed by atoms with van der Waals surface area (Å²) in [6.45, 7) is 6.14. The zero-order chi connectivity index (χ0) is 25.2. The highest BCUT2D eigenvalue weighted by atomic mass is 35.5. The summed E-state index contributed by atoms with van der Waals surface area (Å²) in [5.41, 5.74) is 6.91. The Bertz CT molecular complexity index is 937. The third-order valence-electron chi connectivity index (χ3n) is 8.36. The molecule has 0 amide bonds. The van der Waals surface area contributed by atoms with E-state index in [1.165, 1.54) is 118 Å². The van der Waals surface area contributed by atoms with Crippen LogP contribution in [0, 0.1) is 0 Å². The summed E-state index contributed by atoms with van der Waals surface area (Å²) in [6, 6.07) is 13.6. The maximum absolute atomic E-state index is 6.64. The van der Waals surface area contributed by atoms with Gasteiger partial charge in [0.05, 0.1) is 0 Å². The van der Waals surface area contributed by atoms with Crippen LogP contribution in [0.15, 0.2) is 36.4 Å². The van der Waals surface area contributed by atoms with Gasteiger partial charge in [-0.1, -0.05) is 127 Å². The first-order valence-corrected chi connectivity index (χ1v) is 15.3. The second-order valence-electron chi connectivity index (χ2n) is 11.0. The molecule has 1 saturated heterocycles. The Kier molecular flexibility index (Phi) is 10.8. The summed E-state index contributed by atoms with van der Waals surface area (Å²) in [6.07, 6.45) is 19.3. The van der Waals surface area contributed by atoms with Gasteiger partial charge in [0.1, 0.15) is 0 Å². The quantitative estimate of drug-likeness (QED) is 0.176. The number of hydrogen-bond donors (Lipinski definition) is 0. The maximum Gasteiger partial charge on any atom is 0.493 e. The molecule has 0 atom stereocenters. The normalized spacial score (nSPS) is 16.2. The van der Waals surface area contributed by atoms with E-state index in [1.807, 2.05) is 0 Å². The predicted octanol–water partition coefficient (Wildman–Crippen LogP) is 9.24. The van der Waals surface area contributed by atoms with Crippen LogP contribution in [0.1, 0.15) is 121 Å². The van der Waals surface area contributed by atoms with Crippen LogP contribution in [-0.4, -0.2) is 20.3 Å². The van der Waals surface area contributed by atoms with E-state index in [1.54, 1.807) is 0 Å². The van der Waals surface area contributed by atoms with Gasteiger partial charge in [-0.15, -0.1) is 0 Å². The molecule has 1 heterocycles. The molecule has 0 N–H and O–H groups in total. The number of rotatable bonds is 15. The Morgan fingerprint density at radius 2 is 1.22 bits per heavy atom. The molecule has 4 rings (SSSR count). The molecule has 0 saturated carbocycles. The fraction of sp³-hybridized carbons (Fsp3) is 0.625. The van der Waals surface area contributed by atoms with Gasteiger partial charge in [0.2, 0.25) is 0 Å². The lowest BCUT2D eigenvalue weighted by Gasteiger charge is -2.33. The van der Waals surface area contributed by atoms with Crippen LogP contribution in [0.5, 0.6) is 0 Å². The van der Waals surface area contributed by atoms with Crippen molar-refractivity contribution < 1.29 is 9.31 Å². The zero-order valence-electron chi connectivity index (χ0n) is 22.8. The molecular weight excluding hydrogens is 463 g/mol. The van der Waals surface area contributed by atoms with E-state index in [9.17, 15) is 0 Å². The van der Waals surface area contributed by atoms with Gasteiger partial charge in [-0.25, -0.2) is 0 Å². The Morgan fingerprint density at radius 1 is 0.694 bits per heavy atom. The van der Waals surface area contributed by atoms with Crippen molar-refractivity contribution in [3.63, 3.8) is 0 Å². The van der Waals surface area contributed by atoms with E-state index in [0.29, 0.717) is 0 Å². The molecular formula is C32H46BClO2. The minimum atomic E-state index is -0.239. The lowest BCUT2D eigenvalue weighted by atomic mass is 9.68. The summed E-state index contributed by atoms with van der Waals surface area (Å²) in [5, 5.41) is 0.857. The Morgan fingerprint density at radius 3 is 1.83 bits per heavy atom. The zero-order valence-corrected chi connectivity index (χ0v) is 23.5. The topological polar surface area (TPSA) is 18.5 Å². The van der Waals surface area contributed by atoms with Crippen LogP contribution < -0.4 is 5.46 Å². The van der Waals surface area contributed by atoms with Crippen LogP contribution in [0.3, 0.4) is 0 Å². The molecule has 196 valence electrons. The Labute approximate surface area is 225 Å². The molecule has 0 spiro atoms. The summed E-state index contributed by atoms with van der Waals surface area (Å²) in [7, 11) is -0.239. The highest BCUT2D eigenvalue weighted by molar-refractivity contribution is 6.61. The van der Waals surface area contributed by atoms with Crippen molar-refractivity contribution in [3.8, 4) is 11.1 Å². The minimum Gasteiger partial charge on any atom is -0.407 e. The third kappa shape index (κ3) is 6.58. The molecule has 0 unspecified atom stereocenters. The number of unbranched alkanes of at least 4 members (excludes halogenated alkanes) is 10. The largest absolute Gasteiger partial charge is 0.493 e. The molecule has 2 aromatic carbocycles. The van der Waals surface area contributed by atoms with Gasteiger partial charge in [0.25, 0.3) is 0 Å². The average Bonchev–Trinajstić information content (AvgIpc) is 3.17. The molecule has 0 aromatic heterocycles. The first kappa shape index (κ1) is 27.7. The Balaban J connectivity index is 1.64. The molecule has 4 heteroatoms. The van der Waals surface area contributed by atoms with Crippen molar-refractivity contribution in [2.45, 2.75) is 116 Å². The average molecular weight is 509 g/mol. The van der Waals surface area contributed by atoms with Crippen molar-refractivity contribution in [2.75, 3.05) is 13.2 Å². The lowest BCUT2D eigenvalue weighted by Crippen LogP contribution is -2.41. The monoisotopic (exact) mass is 508 g/mol. The van der Waals surface area contributed by atoms with Crippen molar-refractivity contribution in [1.29, 1.82) is 0 Å². The molecule has 2 aliphatic rings.